The molecule has 2 rings (SSSR count). The summed E-state index contributed by atoms with van der Waals surface area (Å²) in [4.78, 5) is 27.6. The third-order valence-electron chi connectivity index (χ3n) is 3.90. The van der Waals surface area contributed by atoms with Gasteiger partial charge in [0.25, 0.3) is 5.91 Å². The number of benzene rings is 1. The molecule has 0 spiro atoms. The zero-order valence-corrected chi connectivity index (χ0v) is 15.1. The Morgan fingerprint density at radius 2 is 1.54 bits per heavy atom. The Balaban J connectivity index is 2.10. The van der Waals surface area contributed by atoms with Gasteiger partial charge >= 0.3 is 12.3 Å². The summed E-state index contributed by atoms with van der Waals surface area (Å²) >= 11 is 0. The molecule has 2 amide bonds. The van der Waals surface area contributed by atoms with Crippen LogP contribution in [-0.2, 0) is 10.9 Å². The van der Waals surface area contributed by atoms with Crippen molar-refractivity contribution in [1.82, 2.24) is 9.80 Å². The third kappa shape index (κ3) is 5.12. The molecule has 1 saturated heterocycles. The maximum Gasteiger partial charge on any atom is 0.417 e. The van der Waals surface area contributed by atoms with Crippen LogP contribution in [0.4, 0.5) is 18.0 Å². The first-order valence-corrected chi connectivity index (χ1v) is 8.42. The lowest BCUT2D eigenvalue weighted by Gasteiger charge is -2.26. The van der Waals surface area contributed by atoms with Gasteiger partial charge in [-0.25, -0.2) is 4.79 Å². The van der Waals surface area contributed by atoms with Crippen molar-refractivity contribution >= 4 is 12.0 Å². The van der Waals surface area contributed by atoms with Gasteiger partial charge in [0.15, 0.2) is 0 Å². The fraction of sp³-hybridized carbons (Fsp3) is 0.556. The maximum atomic E-state index is 13.1. The fourth-order valence-corrected chi connectivity index (χ4v) is 2.72. The van der Waals surface area contributed by atoms with Crippen molar-refractivity contribution in [3.63, 3.8) is 0 Å². The predicted octanol–water partition coefficient (Wildman–Crippen LogP) is 3.79. The summed E-state index contributed by atoms with van der Waals surface area (Å²) < 4.78 is 44.7. The van der Waals surface area contributed by atoms with E-state index in [0.29, 0.717) is 13.0 Å². The number of hydrogen-bond donors (Lipinski definition) is 0. The van der Waals surface area contributed by atoms with Crippen molar-refractivity contribution in [1.29, 1.82) is 0 Å². The van der Waals surface area contributed by atoms with E-state index in [-0.39, 0.29) is 25.2 Å². The van der Waals surface area contributed by atoms with Crippen LogP contribution in [0.1, 0.15) is 43.1 Å². The molecule has 0 radical (unpaired) electrons. The molecule has 0 atom stereocenters. The number of carbonyl (C=O) groups is 2. The van der Waals surface area contributed by atoms with Gasteiger partial charge in [-0.1, -0.05) is 12.1 Å². The standard InChI is InChI=1S/C18H23F3N2O3/c1-17(2,3)26-16(25)23-10-6-9-22(11-12-23)15(24)13-7-4-5-8-14(13)18(19,20)21/h4-5,7-8H,6,9-12H2,1-3H3. The smallest absolute Gasteiger partial charge is 0.417 e. The molecule has 26 heavy (non-hydrogen) atoms. The molecular formula is C18H23F3N2O3. The summed E-state index contributed by atoms with van der Waals surface area (Å²) in [6.07, 6.45) is -4.61. The van der Waals surface area contributed by atoms with Crippen LogP contribution in [0.15, 0.2) is 24.3 Å². The van der Waals surface area contributed by atoms with Gasteiger partial charge in [-0.3, -0.25) is 4.79 Å². The second-order valence-corrected chi connectivity index (χ2v) is 7.16. The van der Waals surface area contributed by atoms with Crippen molar-refractivity contribution in [2.75, 3.05) is 26.2 Å². The summed E-state index contributed by atoms with van der Waals surface area (Å²) in [6.45, 7) is 6.31. The quantitative estimate of drug-likeness (QED) is 0.754. The number of hydrogen-bond acceptors (Lipinski definition) is 3. The Labute approximate surface area is 150 Å². The number of nitrogens with zero attached hydrogens (tertiary/aromatic N) is 2. The van der Waals surface area contributed by atoms with Gasteiger partial charge in [0.05, 0.1) is 11.1 Å². The second-order valence-electron chi connectivity index (χ2n) is 7.16. The molecule has 1 aliphatic heterocycles. The predicted molar refractivity (Wildman–Crippen MR) is 89.8 cm³/mol. The first kappa shape index (κ1) is 20.1. The van der Waals surface area contributed by atoms with E-state index in [1.54, 1.807) is 20.8 Å². The van der Waals surface area contributed by atoms with Crippen molar-refractivity contribution in [3.8, 4) is 0 Å². The molecule has 0 aliphatic carbocycles. The highest BCUT2D eigenvalue weighted by atomic mass is 19.4. The Kier molecular flexibility index (Phi) is 5.83. The molecule has 1 heterocycles. The van der Waals surface area contributed by atoms with Crippen LogP contribution in [0.25, 0.3) is 0 Å². The maximum absolute atomic E-state index is 13.1. The molecule has 0 saturated carbocycles. The minimum absolute atomic E-state index is 0.157. The van der Waals surface area contributed by atoms with Crippen molar-refractivity contribution < 1.29 is 27.5 Å². The molecule has 0 aromatic heterocycles. The molecule has 0 bridgehead atoms. The van der Waals surface area contributed by atoms with E-state index in [1.165, 1.54) is 28.0 Å². The van der Waals surface area contributed by atoms with Crippen LogP contribution in [-0.4, -0.2) is 53.6 Å². The van der Waals surface area contributed by atoms with E-state index in [4.69, 9.17) is 4.74 Å². The van der Waals surface area contributed by atoms with E-state index < -0.39 is 29.3 Å². The number of ether oxygens (including phenoxy) is 1. The molecule has 8 heteroatoms. The Hall–Kier alpha value is -2.25. The van der Waals surface area contributed by atoms with Gasteiger partial charge in [0.2, 0.25) is 0 Å². The molecule has 144 valence electrons. The van der Waals surface area contributed by atoms with Crippen LogP contribution in [0.3, 0.4) is 0 Å². The normalized spacial score (nSPS) is 16.2. The topological polar surface area (TPSA) is 49.9 Å². The van der Waals surface area contributed by atoms with Crippen LogP contribution < -0.4 is 0 Å². The number of alkyl halides is 3. The summed E-state index contributed by atoms with van der Waals surface area (Å²) in [6, 6.07) is 4.75. The van der Waals surface area contributed by atoms with Gasteiger partial charge in [-0.2, -0.15) is 13.2 Å². The van der Waals surface area contributed by atoms with E-state index in [1.807, 2.05) is 0 Å². The van der Waals surface area contributed by atoms with Crippen LogP contribution in [0.2, 0.25) is 0 Å². The van der Waals surface area contributed by atoms with E-state index in [2.05, 4.69) is 0 Å². The molecular weight excluding hydrogens is 349 g/mol. The molecule has 0 N–H and O–H groups in total. The lowest BCUT2D eigenvalue weighted by Crippen LogP contribution is -2.40. The van der Waals surface area contributed by atoms with Crippen molar-refractivity contribution in [2.24, 2.45) is 0 Å². The van der Waals surface area contributed by atoms with Gasteiger partial charge in [-0.15, -0.1) is 0 Å². The Bertz CT molecular complexity index is 668. The van der Waals surface area contributed by atoms with Gasteiger partial charge in [0, 0.05) is 26.2 Å². The van der Waals surface area contributed by atoms with Crippen LogP contribution >= 0.6 is 0 Å². The van der Waals surface area contributed by atoms with Gasteiger partial charge in [-0.05, 0) is 39.3 Å². The largest absolute Gasteiger partial charge is 0.444 e. The van der Waals surface area contributed by atoms with Crippen molar-refractivity contribution in [2.45, 2.75) is 39.0 Å². The molecule has 0 unspecified atom stereocenters. The highest BCUT2D eigenvalue weighted by Crippen LogP contribution is 2.32. The summed E-state index contributed by atoms with van der Waals surface area (Å²) in [5.41, 5.74) is -1.95. The number of rotatable bonds is 1. The first-order chi connectivity index (χ1) is 12.0. The number of carbonyl (C=O) groups excluding carboxylic acids is 2. The van der Waals surface area contributed by atoms with E-state index in [0.717, 1.165) is 6.07 Å². The molecule has 5 nitrogen and oxygen atoms in total. The van der Waals surface area contributed by atoms with E-state index >= 15 is 0 Å². The molecule has 1 aliphatic rings. The highest BCUT2D eigenvalue weighted by Gasteiger charge is 2.36. The summed E-state index contributed by atoms with van der Waals surface area (Å²) in [5, 5.41) is 0. The average Bonchev–Trinajstić information content (AvgIpc) is 2.78. The van der Waals surface area contributed by atoms with Crippen LogP contribution in [0.5, 0.6) is 0 Å². The highest BCUT2D eigenvalue weighted by molar-refractivity contribution is 5.96. The average molecular weight is 372 g/mol. The molecule has 1 aromatic rings. The zero-order valence-electron chi connectivity index (χ0n) is 15.1. The minimum Gasteiger partial charge on any atom is -0.444 e. The van der Waals surface area contributed by atoms with Crippen molar-refractivity contribution in [3.05, 3.63) is 35.4 Å². The molecule has 1 aromatic carbocycles. The summed E-state index contributed by atoms with van der Waals surface area (Å²) in [7, 11) is 0. The Morgan fingerprint density at radius 1 is 0.962 bits per heavy atom. The lowest BCUT2D eigenvalue weighted by molar-refractivity contribution is -0.138. The Morgan fingerprint density at radius 3 is 2.15 bits per heavy atom. The fourth-order valence-electron chi connectivity index (χ4n) is 2.72. The van der Waals surface area contributed by atoms with Gasteiger partial charge < -0.3 is 14.5 Å². The first-order valence-electron chi connectivity index (χ1n) is 8.42. The number of halogens is 3. The SMILES string of the molecule is CC(C)(C)OC(=O)N1CCCN(C(=O)c2ccccc2C(F)(F)F)CC1. The number of amides is 2. The van der Waals surface area contributed by atoms with Crippen LogP contribution in [0, 0.1) is 0 Å². The second kappa shape index (κ2) is 7.55. The minimum atomic E-state index is -4.60. The third-order valence-corrected chi connectivity index (χ3v) is 3.90. The summed E-state index contributed by atoms with van der Waals surface area (Å²) in [5.74, 6) is -0.677. The zero-order chi connectivity index (χ0) is 19.5. The molecule has 1 fully saturated rings. The monoisotopic (exact) mass is 372 g/mol. The van der Waals surface area contributed by atoms with E-state index in [9.17, 15) is 22.8 Å². The van der Waals surface area contributed by atoms with Gasteiger partial charge in [0.1, 0.15) is 5.60 Å². The lowest BCUT2D eigenvalue weighted by atomic mass is 10.1.